The fourth-order valence-electron chi connectivity index (χ4n) is 1.50. The number of ether oxygens (including phenoxy) is 1. The Hall–Kier alpha value is -0.810. The van der Waals surface area contributed by atoms with Gasteiger partial charge >= 0.3 is 0 Å². The number of benzene rings is 1. The zero-order chi connectivity index (χ0) is 12.4. The van der Waals surface area contributed by atoms with E-state index in [1.54, 1.807) is 19.2 Å². The van der Waals surface area contributed by atoms with Crippen molar-refractivity contribution in [2.75, 3.05) is 13.7 Å². The largest absolute Gasteiger partial charge is 0.437 e. The van der Waals surface area contributed by atoms with Crippen molar-refractivity contribution in [3.63, 3.8) is 0 Å². The molecule has 0 aliphatic rings. The number of halogens is 2. The van der Waals surface area contributed by atoms with E-state index in [0.717, 1.165) is 0 Å². The topological polar surface area (TPSA) is 61.3 Å². The van der Waals surface area contributed by atoms with Crippen LogP contribution in [0.2, 0.25) is 10.0 Å². The van der Waals surface area contributed by atoms with E-state index in [-0.39, 0.29) is 6.04 Å². The molecular weight excluding hydrogens is 263 g/mol. The molecule has 1 aromatic heterocycles. The molecule has 4 nitrogen and oxygen atoms in total. The predicted octanol–water partition coefficient (Wildman–Crippen LogP) is 3.17. The van der Waals surface area contributed by atoms with E-state index in [9.17, 15) is 0 Å². The molecule has 0 bridgehead atoms. The van der Waals surface area contributed by atoms with Crippen molar-refractivity contribution in [3.05, 3.63) is 28.1 Å². The first-order chi connectivity index (χ1) is 8.11. The zero-order valence-electron chi connectivity index (χ0n) is 9.24. The number of oxazole rings is 1. The van der Waals surface area contributed by atoms with Crippen LogP contribution in [0.5, 0.6) is 0 Å². The second-order valence-electron chi connectivity index (χ2n) is 3.68. The molecule has 0 amide bonds. The summed E-state index contributed by atoms with van der Waals surface area (Å²) in [6.45, 7) is 0.550. The maximum atomic E-state index is 6.00. The van der Waals surface area contributed by atoms with Gasteiger partial charge in [-0.3, -0.25) is 0 Å². The maximum absolute atomic E-state index is 6.00. The van der Waals surface area contributed by atoms with Crippen molar-refractivity contribution in [3.8, 4) is 0 Å². The van der Waals surface area contributed by atoms with Gasteiger partial charge in [0.2, 0.25) is 5.89 Å². The number of rotatable bonds is 4. The lowest BCUT2D eigenvalue weighted by Gasteiger charge is -2.05. The van der Waals surface area contributed by atoms with Gasteiger partial charge in [-0.15, -0.1) is 0 Å². The van der Waals surface area contributed by atoms with Gasteiger partial charge in [-0.1, -0.05) is 23.2 Å². The van der Waals surface area contributed by atoms with E-state index in [4.69, 9.17) is 38.1 Å². The van der Waals surface area contributed by atoms with Crippen molar-refractivity contribution >= 4 is 34.3 Å². The molecule has 6 heteroatoms. The Kier molecular flexibility index (Phi) is 3.89. The molecule has 2 aromatic rings. The van der Waals surface area contributed by atoms with E-state index < -0.39 is 0 Å². The van der Waals surface area contributed by atoms with Crippen LogP contribution >= 0.6 is 23.2 Å². The van der Waals surface area contributed by atoms with E-state index in [1.165, 1.54) is 0 Å². The number of hydrogen-bond acceptors (Lipinski definition) is 4. The molecule has 0 aliphatic carbocycles. The van der Waals surface area contributed by atoms with E-state index in [2.05, 4.69) is 4.98 Å². The standard InChI is InChI=1S/C11H12Cl2N2O2/c1-16-3-2-8(14)11-15-9-5-6(12)4-7(13)10(9)17-11/h4-5,8H,2-3,14H2,1H3. The van der Waals surface area contributed by atoms with Crippen LogP contribution in [-0.4, -0.2) is 18.7 Å². The lowest BCUT2D eigenvalue weighted by atomic mass is 10.2. The van der Waals surface area contributed by atoms with Gasteiger partial charge in [0.25, 0.3) is 0 Å². The molecule has 92 valence electrons. The summed E-state index contributed by atoms with van der Waals surface area (Å²) < 4.78 is 10.5. The van der Waals surface area contributed by atoms with Crippen LogP contribution in [0.1, 0.15) is 18.4 Å². The fraction of sp³-hybridized carbons (Fsp3) is 0.364. The number of aromatic nitrogens is 1. The number of methoxy groups -OCH3 is 1. The second kappa shape index (κ2) is 5.23. The highest BCUT2D eigenvalue weighted by Crippen LogP contribution is 2.30. The lowest BCUT2D eigenvalue weighted by Crippen LogP contribution is -2.12. The van der Waals surface area contributed by atoms with Crippen molar-refractivity contribution < 1.29 is 9.15 Å². The summed E-state index contributed by atoms with van der Waals surface area (Å²) in [5, 5.41) is 0.956. The summed E-state index contributed by atoms with van der Waals surface area (Å²) in [4.78, 5) is 4.27. The first kappa shape index (κ1) is 12.6. The molecule has 0 saturated heterocycles. The first-order valence-corrected chi connectivity index (χ1v) is 5.87. The Labute approximate surface area is 109 Å². The highest BCUT2D eigenvalue weighted by molar-refractivity contribution is 6.37. The van der Waals surface area contributed by atoms with Crippen LogP contribution in [0.3, 0.4) is 0 Å². The van der Waals surface area contributed by atoms with Crippen molar-refractivity contribution in [1.82, 2.24) is 4.98 Å². The van der Waals surface area contributed by atoms with Crippen LogP contribution < -0.4 is 5.73 Å². The molecule has 1 aromatic carbocycles. The minimum Gasteiger partial charge on any atom is -0.437 e. The summed E-state index contributed by atoms with van der Waals surface area (Å²) in [5.41, 5.74) is 7.05. The van der Waals surface area contributed by atoms with Crippen LogP contribution in [0.4, 0.5) is 0 Å². The normalized spacial score (nSPS) is 13.2. The van der Waals surface area contributed by atoms with Gasteiger partial charge in [0.15, 0.2) is 5.58 Å². The highest BCUT2D eigenvalue weighted by atomic mass is 35.5. The second-order valence-corrected chi connectivity index (χ2v) is 4.52. The summed E-state index contributed by atoms with van der Waals surface area (Å²) in [6.07, 6.45) is 0.634. The van der Waals surface area contributed by atoms with Gasteiger partial charge in [0.1, 0.15) is 5.52 Å². The third kappa shape index (κ3) is 2.72. The third-order valence-electron chi connectivity index (χ3n) is 2.38. The molecule has 0 radical (unpaired) electrons. The minimum absolute atomic E-state index is 0.308. The molecule has 1 atom stereocenters. The Morgan fingerprint density at radius 1 is 1.47 bits per heavy atom. The molecule has 2 rings (SSSR count). The predicted molar refractivity (Wildman–Crippen MR) is 67.5 cm³/mol. The zero-order valence-corrected chi connectivity index (χ0v) is 10.8. The number of fused-ring (bicyclic) bond motifs is 1. The maximum Gasteiger partial charge on any atom is 0.212 e. The quantitative estimate of drug-likeness (QED) is 0.930. The van der Waals surface area contributed by atoms with Gasteiger partial charge < -0.3 is 14.9 Å². The van der Waals surface area contributed by atoms with Gasteiger partial charge in [-0.05, 0) is 18.6 Å². The van der Waals surface area contributed by atoms with Gasteiger partial charge in [0.05, 0.1) is 11.1 Å². The third-order valence-corrected chi connectivity index (χ3v) is 2.88. The molecule has 0 aliphatic heterocycles. The molecule has 0 saturated carbocycles. The Balaban J connectivity index is 2.34. The van der Waals surface area contributed by atoms with Crippen LogP contribution in [0, 0.1) is 0 Å². The van der Waals surface area contributed by atoms with Crippen molar-refractivity contribution in [2.24, 2.45) is 5.73 Å². The summed E-state index contributed by atoms with van der Waals surface area (Å²) in [5.74, 6) is 0.446. The Morgan fingerprint density at radius 2 is 2.24 bits per heavy atom. The van der Waals surface area contributed by atoms with Gasteiger partial charge in [0, 0.05) is 18.7 Å². The van der Waals surface area contributed by atoms with E-state index >= 15 is 0 Å². The molecule has 17 heavy (non-hydrogen) atoms. The summed E-state index contributed by atoms with van der Waals surface area (Å²) in [7, 11) is 1.62. The molecule has 0 fully saturated rings. The molecule has 1 unspecified atom stereocenters. The van der Waals surface area contributed by atoms with Crippen LogP contribution in [0.15, 0.2) is 16.5 Å². The summed E-state index contributed by atoms with van der Waals surface area (Å²) in [6, 6.07) is 3.00. The average molecular weight is 275 g/mol. The first-order valence-electron chi connectivity index (χ1n) is 5.12. The van der Waals surface area contributed by atoms with Crippen LogP contribution in [-0.2, 0) is 4.74 Å². The van der Waals surface area contributed by atoms with E-state index in [0.29, 0.717) is 40.1 Å². The Bertz CT molecular complexity index is 527. The van der Waals surface area contributed by atoms with Gasteiger partial charge in [-0.2, -0.15) is 0 Å². The smallest absolute Gasteiger partial charge is 0.212 e. The lowest BCUT2D eigenvalue weighted by molar-refractivity contribution is 0.184. The van der Waals surface area contributed by atoms with E-state index in [1.807, 2.05) is 0 Å². The SMILES string of the molecule is COCCC(N)c1nc2cc(Cl)cc(Cl)c2o1. The number of nitrogens with zero attached hydrogens (tertiary/aromatic N) is 1. The summed E-state index contributed by atoms with van der Waals surface area (Å²) >= 11 is 11.9. The monoisotopic (exact) mass is 274 g/mol. The number of hydrogen-bond donors (Lipinski definition) is 1. The Morgan fingerprint density at radius 3 is 2.94 bits per heavy atom. The highest BCUT2D eigenvalue weighted by Gasteiger charge is 2.16. The van der Waals surface area contributed by atoms with Crippen molar-refractivity contribution in [2.45, 2.75) is 12.5 Å². The van der Waals surface area contributed by atoms with Gasteiger partial charge in [-0.25, -0.2) is 4.98 Å². The van der Waals surface area contributed by atoms with Crippen LogP contribution in [0.25, 0.3) is 11.1 Å². The molecule has 2 N–H and O–H groups in total. The van der Waals surface area contributed by atoms with Crippen molar-refractivity contribution in [1.29, 1.82) is 0 Å². The molecular formula is C11H12Cl2N2O2. The minimum atomic E-state index is -0.308. The average Bonchev–Trinajstić information content (AvgIpc) is 2.69. The molecule has 1 heterocycles. The molecule has 0 spiro atoms. The number of nitrogens with two attached hydrogens (primary N) is 1. The fourth-order valence-corrected chi connectivity index (χ4v) is 2.03.